The fraction of sp³-hybridized carbons (Fsp3) is 0.0145. The minimum atomic E-state index is -0.485. The molecule has 330 valence electrons. The number of anilines is 3. The van der Waals surface area contributed by atoms with Crippen molar-refractivity contribution in [1.82, 2.24) is 4.57 Å². The highest BCUT2D eigenvalue weighted by Gasteiger charge is 2.52. The number of nitrogens with zero attached hydrogens (tertiary/aromatic N) is 2. The maximum Gasteiger partial charge on any atom is 0.0726 e. The van der Waals surface area contributed by atoms with Gasteiger partial charge in [-0.1, -0.05) is 218 Å². The Labute approximate surface area is 412 Å². The van der Waals surface area contributed by atoms with Crippen LogP contribution >= 0.6 is 0 Å². The Morgan fingerprint density at radius 3 is 1.52 bits per heavy atom. The Hall–Kier alpha value is -9.24. The first-order valence-corrected chi connectivity index (χ1v) is 24.7. The maximum atomic E-state index is 2.57. The number of para-hydroxylation sites is 1. The zero-order valence-electron chi connectivity index (χ0n) is 38.8. The van der Waals surface area contributed by atoms with E-state index in [4.69, 9.17) is 0 Å². The highest BCUT2D eigenvalue weighted by Crippen LogP contribution is 2.65. The quantitative estimate of drug-likeness (QED) is 0.161. The SMILES string of the molecule is c1ccc(-c2cccc3cccc(-c4ccc(N(c5cccc6c5-c5ccccc5C65c6ccccc6-c6ccccc65)c5cccc6c5c5c7ccccc7ccc5n6-c5ccccc5)cc4)c23)cc1. The summed E-state index contributed by atoms with van der Waals surface area (Å²) in [6, 6.07) is 99.2. The first-order valence-electron chi connectivity index (χ1n) is 24.7. The summed E-state index contributed by atoms with van der Waals surface area (Å²) in [6.07, 6.45) is 0. The molecule has 0 atom stereocenters. The van der Waals surface area contributed by atoms with Gasteiger partial charge in [0.15, 0.2) is 0 Å². The number of aromatic nitrogens is 1. The lowest BCUT2D eigenvalue weighted by Crippen LogP contribution is -2.26. The molecular formula is C69H44N2. The molecule has 71 heavy (non-hydrogen) atoms. The van der Waals surface area contributed by atoms with Crippen LogP contribution in [0.2, 0.25) is 0 Å². The number of fused-ring (bicyclic) bond motifs is 16. The number of hydrogen-bond donors (Lipinski definition) is 0. The second-order valence-corrected chi connectivity index (χ2v) is 19.1. The molecule has 13 aromatic rings. The van der Waals surface area contributed by atoms with Gasteiger partial charge >= 0.3 is 0 Å². The van der Waals surface area contributed by atoms with Gasteiger partial charge in [0.1, 0.15) is 0 Å². The van der Waals surface area contributed by atoms with Gasteiger partial charge < -0.3 is 9.47 Å². The molecule has 1 heterocycles. The Balaban J connectivity index is 1.04. The highest BCUT2D eigenvalue weighted by molar-refractivity contribution is 6.26. The Bertz CT molecular complexity index is 4230. The third-order valence-corrected chi connectivity index (χ3v) is 15.6. The first-order chi connectivity index (χ1) is 35.3. The van der Waals surface area contributed by atoms with Crippen LogP contribution < -0.4 is 4.90 Å². The standard InChI is InChI=1S/C69H44N2/c1-3-19-45(20-4-1)51-30-15-22-48-23-16-31-52(65(48)51)47-39-42-50(43-40-47)71(63-38-18-37-62-68(63)67-53-26-8-7-21-46(53)41-44-64(67)70(62)49-24-5-2-6-25-49)61-36-17-35-60-66(61)56-29-11-14-34-59(56)69(60)57-32-12-9-27-54(57)55-28-10-13-33-58(55)69/h1-44H. The minimum Gasteiger partial charge on any atom is -0.309 e. The Morgan fingerprint density at radius 2 is 0.803 bits per heavy atom. The van der Waals surface area contributed by atoms with Crippen LogP contribution in [0, 0.1) is 0 Å². The van der Waals surface area contributed by atoms with Gasteiger partial charge in [0.25, 0.3) is 0 Å². The van der Waals surface area contributed by atoms with Gasteiger partial charge in [-0.3, -0.25) is 0 Å². The number of hydrogen-bond acceptors (Lipinski definition) is 1. The molecule has 15 rings (SSSR count). The first kappa shape index (κ1) is 39.7. The summed E-state index contributed by atoms with van der Waals surface area (Å²) in [5, 5.41) is 7.40. The fourth-order valence-electron chi connectivity index (χ4n) is 12.8. The number of benzene rings is 12. The average Bonchev–Trinajstić information content (AvgIpc) is 4.07. The van der Waals surface area contributed by atoms with Crippen molar-refractivity contribution < 1.29 is 0 Å². The van der Waals surface area contributed by atoms with Gasteiger partial charge in [0.2, 0.25) is 0 Å². The van der Waals surface area contributed by atoms with E-state index >= 15 is 0 Å². The van der Waals surface area contributed by atoms with Crippen LogP contribution in [0.5, 0.6) is 0 Å². The number of rotatable bonds is 6. The van der Waals surface area contributed by atoms with Crippen molar-refractivity contribution in [3.8, 4) is 50.2 Å². The lowest BCUT2D eigenvalue weighted by molar-refractivity contribution is 0.794. The summed E-state index contributed by atoms with van der Waals surface area (Å²) in [4.78, 5) is 2.57. The van der Waals surface area contributed by atoms with Crippen molar-refractivity contribution in [3.05, 3.63) is 289 Å². The van der Waals surface area contributed by atoms with Crippen molar-refractivity contribution in [2.75, 3.05) is 4.90 Å². The van der Waals surface area contributed by atoms with Crippen molar-refractivity contribution in [3.63, 3.8) is 0 Å². The van der Waals surface area contributed by atoms with E-state index in [1.807, 2.05) is 0 Å². The molecule has 0 fully saturated rings. The van der Waals surface area contributed by atoms with Gasteiger partial charge in [-0.2, -0.15) is 0 Å². The van der Waals surface area contributed by atoms with Crippen LogP contribution in [0.3, 0.4) is 0 Å². The van der Waals surface area contributed by atoms with E-state index in [9.17, 15) is 0 Å². The van der Waals surface area contributed by atoms with Crippen LogP contribution in [0.4, 0.5) is 17.1 Å². The average molecular weight is 901 g/mol. The van der Waals surface area contributed by atoms with Crippen molar-refractivity contribution in [2.45, 2.75) is 5.41 Å². The van der Waals surface area contributed by atoms with Crippen molar-refractivity contribution in [1.29, 1.82) is 0 Å². The molecule has 2 heteroatoms. The van der Waals surface area contributed by atoms with Crippen molar-refractivity contribution >= 4 is 60.4 Å². The lowest BCUT2D eigenvalue weighted by atomic mass is 9.70. The zero-order valence-corrected chi connectivity index (χ0v) is 38.8. The lowest BCUT2D eigenvalue weighted by Gasteiger charge is -2.32. The summed E-state index contributed by atoms with van der Waals surface area (Å²) >= 11 is 0. The molecule has 0 bridgehead atoms. The monoisotopic (exact) mass is 900 g/mol. The molecule has 0 saturated heterocycles. The summed E-state index contributed by atoms with van der Waals surface area (Å²) in [6.45, 7) is 0. The zero-order chi connectivity index (χ0) is 46.6. The summed E-state index contributed by atoms with van der Waals surface area (Å²) in [7, 11) is 0. The minimum absolute atomic E-state index is 0.485. The van der Waals surface area contributed by atoms with Gasteiger partial charge in [-0.15, -0.1) is 0 Å². The topological polar surface area (TPSA) is 8.17 Å². The molecule has 0 amide bonds. The van der Waals surface area contributed by atoms with Crippen LogP contribution in [0.1, 0.15) is 22.3 Å². The van der Waals surface area contributed by atoms with E-state index in [0.29, 0.717) is 0 Å². The van der Waals surface area contributed by atoms with Crippen LogP contribution in [0.15, 0.2) is 267 Å². The second-order valence-electron chi connectivity index (χ2n) is 19.1. The molecule has 1 aromatic heterocycles. The second kappa shape index (κ2) is 15.4. The summed E-state index contributed by atoms with van der Waals surface area (Å²) in [5.74, 6) is 0. The Kier molecular flexibility index (Phi) is 8.61. The molecule has 0 aliphatic heterocycles. The van der Waals surface area contributed by atoms with Gasteiger partial charge in [-0.05, 0) is 131 Å². The summed E-state index contributed by atoms with van der Waals surface area (Å²) in [5.41, 5.74) is 21.6. The largest absolute Gasteiger partial charge is 0.309 e. The molecule has 2 aliphatic carbocycles. The summed E-state index contributed by atoms with van der Waals surface area (Å²) < 4.78 is 2.46. The molecule has 0 saturated carbocycles. The van der Waals surface area contributed by atoms with Gasteiger partial charge in [-0.25, -0.2) is 0 Å². The normalized spacial score (nSPS) is 12.9. The molecular weight excluding hydrogens is 857 g/mol. The Morgan fingerprint density at radius 1 is 0.296 bits per heavy atom. The van der Waals surface area contributed by atoms with E-state index in [-0.39, 0.29) is 0 Å². The third kappa shape index (κ3) is 5.59. The van der Waals surface area contributed by atoms with Crippen LogP contribution in [-0.2, 0) is 5.41 Å². The predicted molar refractivity (Wildman–Crippen MR) is 298 cm³/mol. The van der Waals surface area contributed by atoms with Gasteiger partial charge in [0.05, 0.1) is 27.8 Å². The maximum absolute atomic E-state index is 2.57. The van der Waals surface area contributed by atoms with E-state index in [1.165, 1.54) is 105 Å². The van der Waals surface area contributed by atoms with E-state index in [0.717, 1.165) is 28.3 Å². The highest BCUT2D eigenvalue weighted by atomic mass is 15.2. The molecule has 0 unspecified atom stereocenters. The molecule has 0 N–H and O–H groups in total. The van der Waals surface area contributed by atoms with E-state index in [2.05, 4.69) is 276 Å². The molecule has 0 radical (unpaired) electrons. The van der Waals surface area contributed by atoms with Crippen LogP contribution in [0.25, 0.3) is 93.5 Å². The van der Waals surface area contributed by atoms with Gasteiger partial charge in [0, 0.05) is 27.7 Å². The predicted octanol–water partition coefficient (Wildman–Crippen LogP) is 18.2. The molecule has 12 aromatic carbocycles. The molecule has 1 spiro atoms. The fourth-order valence-corrected chi connectivity index (χ4v) is 12.8. The van der Waals surface area contributed by atoms with E-state index < -0.39 is 5.41 Å². The molecule has 2 aliphatic rings. The molecule has 2 nitrogen and oxygen atoms in total. The van der Waals surface area contributed by atoms with Crippen LogP contribution in [-0.4, -0.2) is 4.57 Å². The van der Waals surface area contributed by atoms with Crippen molar-refractivity contribution in [2.24, 2.45) is 0 Å². The third-order valence-electron chi connectivity index (χ3n) is 15.6. The smallest absolute Gasteiger partial charge is 0.0726 e. The van der Waals surface area contributed by atoms with E-state index in [1.54, 1.807) is 0 Å².